The van der Waals surface area contributed by atoms with Crippen LogP contribution in [0.25, 0.3) is 0 Å². The van der Waals surface area contributed by atoms with Crippen molar-refractivity contribution in [2.75, 3.05) is 13.7 Å². The van der Waals surface area contributed by atoms with Gasteiger partial charge in [-0.3, -0.25) is 0 Å². The predicted octanol–water partition coefficient (Wildman–Crippen LogP) is 3.57. The normalized spacial score (nSPS) is 12.1. The zero-order valence-corrected chi connectivity index (χ0v) is 11.6. The van der Waals surface area contributed by atoms with Gasteiger partial charge >= 0.3 is 0 Å². The van der Waals surface area contributed by atoms with Gasteiger partial charge < -0.3 is 10.1 Å². The molecule has 0 radical (unpaired) electrons. The maximum atomic E-state index is 5.41. The topological polar surface area (TPSA) is 21.3 Å². The summed E-state index contributed by atoms with van der Waals surface area (Å²) >= 11 is 0. The number of ether oxygens (including phenoxy) is 1. The fourth-order valence-electron chi connectivity index (χ4n) is 2.08. The lowest BCUT2D eigenvalue weighted by molar-refractivity contribution is 0.402. The van der Waals surface area contributed by atoms with E-state index in [0.29, 0.717) is 6.04 Å². The summed E-state index contributed by atoms with van der Waals surface area (Å²) in [5.41, 5.74) is 1.28. The van der Waals surface area contributed by atoms with Crippen molar-refractivity contribution in [3.8, 4) is 5.75 Å². The lowest BCUT2D eigenvalue weighted by atomic mass is 10.0. The molecular formula is C16H25NO. The maximum Gasteiger partial charge on any atom is 0.122 e. The van der Waals surface area contributed by atoms with E-state index in [2.05, 4.69) is 31.0 Å². The van der Waals surface area contributed by atoms with Gasteiger partial charge in [-0.1, -0.05) is 31.2 Å². The molecule has 0 bridgehead atoms. The van der Waals surface area contributed by atoms with Crippen molar-refractivity contribution in [2.24, 2.45) is 0 Å². The van der Waals surface area contributed by atoms with Crippen LogP contribution in [0.4, 0.5) is 0 Å². The molecule has 0 aliphatic heterocycles. The highest BCUT2D eigenvalue weighted by Crippen LogP contribution is 2.20. The Labute approximate surface area is 111 Å². The van der Waals surface area contributed by atoms with Gasteiger partial charge in [0, 0.05) is 6.04 Å². The zero-order valence-electron chi connectivity index (χ0n) is 11.6. The molecule has 1 unspecified atom stereocenters. The standard InChI is InChI=1S/C16H25NO/c1-4-6-10-15(17-12-5-2)13-14-9-7-8-11-16(14)18-3/h4,7-9,11,15,17H,1,5-6,10,12-13H2,2-3H3. The van der Waals surface area contributed by atoms with E-state index in [4.69, 9.17) is 4.74 Å². The van der Waals surface area contributed by atoms with E-state index in [9.17, 15) is 0 Å². The summed E-state index contributed by atoms with van der Waals surface area (Å²) in [6, 6.07) is 8.76. The molecule has 0 aliphatic carbocycles. The highest BCUT2D eigenvalue weighted by Gasteiger charge is 2.10. The SMILES string of the molecule is C=CCCC(Cc1ccccc1OC)NCCC. The van der Waals surface area contributed by atoms with E-state index in [0.717, 1.165) is 38.0 Å². The first-order valence-corrected chi connectivity index (χ1v) is 6.78. The third-order valence-corrected chi connectivity index (χ3v) is 3.06. The number of methoxy groups -OCH3 is 1. The zero-order chi connectivity index (χ0) is 13.2. The minimum Gasteiger partial charge on any atom is -0.496 e. The van der Waals surface area contributed by atoms with Crippen LogP contribution in [-0.4, -0.2) is 19.7 Å². The van der Waals surface area contributed by atoms with Crippen molar-refractivity contribution in [3.63, 3.8) is 0 Å². The average molecular weight is 247 g/mol. The molecule has 1 rings (SSSR count). The average Bonchev–Trinajstić information content (AvgIpc) is 2.42. The third kappa shape index (κ3) is 4.92. The van der Waals surface area contributed by atoms with Crippen molar-refractivity contribution in [2.45, 2.75) is 38.6 Å². The number of benzene rings is 1. The molecule has 0 fully saturated rings. The number of para-hydroxylation sites is 1. The van der Waals surface area contributed by atoms with Gasteiger partial charge in [-0.2, -0.15) is 0 Å². The summed E-state index contributed by atoms with van der Waals surface area (Å²) in [7, 11) is 1.73. The second-order valence-corrected chi connectivity index (χ2v) is 4.53. The maximum absolute atomic E-state index is 5.41. The van der Waals surface area contributed by atoms with E-state index in [-0.39, 0.29) is 0 Å². The molecule has 1 aromatic rings. The molecular weight excluding hydrogens is 222 g/mol. The molecule has 0 saturated carbocycles. The van der Waals surface area contributed by atoms with Crippen LogP contribution in [-0.2, 0) is 6.42 Å². The number of nitrogens with one attached hydrogen (secondary N) is 1. The van der Waals surface area contributed by atoms with Gasteiger partial charge in [-0.05, 0) is 43.9 Å². The quantitative estimate of drug-likeness (QED) is 0.674. The summed E-state index contributed by atoms with van der Waals surface area (Å²) in [6.07, 6.45) is 6.34. The molecule has 1 N–H and O–H groups in total. The van der Waals surface area contributed by atoms with Crippen molar-refractivity contribution < 1.29 is 4.74 Å². The van der Waals surface area contributed by atoms with Crippen molar-refractivity contribution in [1.29, 1.82) is 0 Å². The van der Waals surface area contributed by atoms with Gasteiger partial charge in [0.05, 0.1) is 7.11 Å². The fourth-order valence-corrected chi connectivity index (χ4v) is 2.08. The summed E-state index contributed by atoms with van der Waals surface area (Å²) in [5.74, 6) is 0.986. The van der Waals surface area contributed by atoms with Crippen LogP contribution in [0, 0.1) is 0 Å². The van der Waals surface area contributed by atoms with Crippen LogP contribution in [0.15, 0.2) is 36.9 Å². The Bertz CT molecular complexity index is 349. The molecule has 1 atom stereocenters. The third-order valence-electron chi connectivity index (χ3n) is 3.06. The first-order chi connectivity index (χ1) is 8.81. The lowest BCUT2D eigenvalue weighted by Gasteiger charge is -2.19. The van der Waals surface area contributed by atoms with Crippen LogP contribution < -0.4 is 10.1 Å². The largest absolute Gasteiger partial charge is 0.496 e. The van der Waals surface area contributed by atoms with E-state index < -0.39 is 0 Å². The molecule has 0 aliphatic rings. The Morgan fingerprint density at radius 3 is 2.83 bits per heavy atom. The van der Waals surface area contributed by atoms with E-state index >= 15 is 0 Å². The van der Waals surface area contributed by atoms with E-state index in [1.165, 1.54) is 5.56 Å². The molecule has 1 aromatic carbocycles. The minimum absolute atomic E-state index is 0.499. The molecule has 2 nitrogen and oxygen atoms in total. The van der Waals surface area contributed by atoms with E-state index in [1.54, 1.807) is 7.11 Å². The lowest BCUT2D eigenvalue weighted by Crippen LogP contribution is -2.31. The van der Waals surface area contributed by atoms with Crippen molar-refractivity contribution in [1.82, 2.24) is 5.32 Å². The monoisotopic (exact) mass is 247 g/mol. The van der Waals surface area contributed by atoms with Crippen molar-refractivity contribution >= 4 is 0 Å². The summed E-state index contributed by atoms with van der Waals surface area (Å²) in [4.78, 5) is 0. The van der Waals surface area contributed by atoms with Crippen LogP contribution in [0.3, 0.4) is 0 Å². The number of hydrogen-bond acceptors (Lipinski definition) is 2. The molecule has 2 heteroatoms. The van der Waals surface area contributed by atoms with Gasteiger partial charge in [0.2, 0.25) is 0 Å². The molecule has 0 heterocycles. The molecule has 0 amide bonds. The minimum atomic E-state index is 0.499. The van der Waals surface area contributed by atoms with Gasteiger partial charge in [0.15, 0.2) is 0 Å². The summed E-state index contributed by atoms with van der Waals surface area (Å²) in [6.45, 7) is 7.06. The first-order valence-electron chi connectivity index (χ1n) is 6.78. The highest BCUT2D eigenvalue weighted by molar-refractivity contribution is 5.33. The molecule has 0 saturated heterocycles. The second kappa shape index (κ2) is 8.76. The fraction of sp³-hybridized carbons (Fsp3) is 0.500. The van der Waals surface area contributed by atoms with Crippen LogP contribution in [0.2, 0.25) is 0 Å². The Kier molecular flexibility index (Phi) is 7.19. The van der Waals surface area contributed by atoms with Gasteiger partial charge in [0.25, 0.3) is 0 Å². The summed E-state index contributed by atoms with van der Waals surface area (Å²) in [5, 5.41) is 3.60. The van der Waals surface area contributed by atoms with E-state index in [1.807, 2.05) is 18.2 Å². The molecule has 0 spiro atoms. The number of rotatable bonds is 9. The Morgan fingerprint density at radius 1 is 1.39 bits per heavy atom. The van der Waals surface area contributed by atoms with Gasteiger partial charge in [-0.15, -0.1) is 6.58 Å². The summed E-state index contributed by atoms with van der Waals surface area (Å²) < 4.78 is 5.41. The number of allylic oxidation sites excluding steroid dienone is 1. The van der Waals surface area contributed by atoms with Crippen LogP contribution in [0.5, 0.6) is 5.75 Å². The first kappa shape index (κ1) is 14.8. The predicted molar refractivity (Wildman–Crippen MR) is 78.2 cm³/mol. The van der Waals surface area contributed by atoms with Crippen LogP contribution in [0.1, 0.15) is 31.7 Å². The molecule has 0 aromatic heterocycles. The Morgan fingerprint density at radius 2 is 2.17 bits per heavy atom. The highest BCUT2D eigenvalue weighted by atomic mass is 16.5. The van der Waals surface area contributed by atoms with Gasteiger partial charge in [0.1, 0.15) is 5.75 Å². The second-order valence-electron chi connectivity index (χ2n) is 4.53. The molecule has 100 valence electrons. The van der Waals surface area contributed by atoms with Crippen LogP contribution >= 0.6 is 0 Å². The smallest absolute Gasteiger partial charge is 0.122 e. The number of hydrogen-bond donors (Lipinski definition) is 1. The van der Waals surface area contributed by atoms with Crippen molar-refractivity contribution in [3.05, 3.63) is 42.5 Å². The Hall–Kier alpha value is -1.28. The Balaban J connectivity index is 2.64. The molecule has 18 heavy (non-hydrogen) atoms. The van der Waals surface area contributed by atoms with Gasteiger partial charge in [-0.25, -0.2) is 0 Å².